The average Bonchev–Trinajstić information content (AvgIpc) is 2.80. The first-order valence-electron chi connectivity index (χ1n) is 5.68. The van der Waals surface area contributed by atoms with Gasteiger partial charge < -0.3 is 14.2 Å². The van der Waals surface area contributed by atoms with Crippen LogP contribution in [0, 0.1) is 5.92 Å². The number of carbonyl (C=O) groups is 1. The van der Waals surface area contributed by atoms with Gasteiger partial charge in [0, 0.05) is 0 Å². The van der Waals surface area contributed by atoms with E-state index in [0.29, 0.717) is 6.61 Å². The molecule has 0 amide bonds. The van der Waals surface area contributed by atoms with E-state index in [9.17, 15) is 4.79 Å². The first-order chi connectivity index (χ1) is 8.67. The Hall–Kier alpha value is -1.81. The summed E-state index contributed by atoms with van der Waals surface area (Å²) >= 11 is 0. The van der Waals surface area contributed by atoms with E-state index in [0.717, 1.165) is 16.9 Å². The van der Waals surface area contributed by atoms with Crippen LogP contribution in [0.3, 0.4) is 0 Å². The molecular weight excluding hydrogens is 232 g/mol. The summed E-state index contributed by atoms with van der Waals surface area (Å²) in [6, 6.07) is 7.46. The highest BCUT2D eigenvalue weighted by Crippen LogP contribution is 2.38. The summed E-state index contributed by atoms with van der Waals surface area (Å²) in [5, 5.41) is 0. The summed E-state index contributed by atoms with van der Waals surface area (Å²) in [4.78, 5) is 11.7. The number of ether oxygens (including phenoxy) is 3. The Morgan fingerprint density at radius 3 is 2.56 bits per heavy atom. The van der Waals surface area contributed by atoms with E-state index in [1.165, 1.54) is 7.11 Å². The average molecular weight is 248 g/mol. The van der Waals surface area contributed by atoms with Gasteiger partial charge in [0.2, 0.25) is 0 Å². The molecule has 1 aliphatic heterocycles. The third-order valence-corrected chi connectivity index (χ3v) is 3.09. The van der Waals surface area contributed by atoms with Gasteiger partial charge in [0.1, 0.15) is 17.8 Å². The van der Waals surface area contributed by atoms with Crippen molar-refractivity contribution in [2.24, 2.45) is 5.92 Å². The van der Waals surface area contributed by atoms with Gasteiger partial charge in [-0.05, 0) is 23.3 Å². The number of methoxy groups -OCH3 is 2. The largest absolute Gasteiger partial charge is 0.497 e. The minimum absolute atomic E-state index is 0.307. The molecule has 1 aromatic rings. The molecule has 18 heavy (non-hydrogen) atoms. The van der Waals surface area contributed by atoms with E-state index in [1.54, 1.807) is 7.11 Å². The van der Waals surface area contributed by atoms with E-state index in [1.807, 2.05) is 24.3 Å². The zero-order valence-corrected chi connectivity index (χ0v) is 10.5. The topological polar surface area (TPSA) is 44.8 Å². The zero-order valence-electron chi connectivity index (χ0n) is 10.5. The van der Waals surface area contributed by atoms with Crippen molar-refractivity contribution in [3.63, 3.8) is 0 Å². The molecule has 1 saturated heterocycles. The molecule has 96 valence electrons. The van der Waals surface area contributed by atoms with Crippen LogP contribution in [-0.2, 0) is 14.3 Å². The summed E-state index contributed by atoms with van der Waals surface area (Å²) in [5.41, 5.74) is 1.67. The summed E-state index contributed by atoms with van der Waals surface area (Å²) in [7, 11) is 2.99. The van der Waals surface area contributed by atoms with E-state index in [4.69, 9.17) is 14.2 Å². The fraction of sp³-hybridized carbons (Fsp3) is 0.357. The lowest BCUT2D eigenvalue weighted by Gasteiger charge is -2.17. The van der Waals surface area contributed by atoms with Crippen LogP contribution in [0.5, 0.6) is 5.75 Å². The highest BCUT2D eigenvalue weighted by Gasteiger charge is 2.38. The lowest BCUT2D eigenvalue weighted by molar-refractivity contribution is -0.146. The van der Waals surface area contributed by atoms with Crippen LogP contribution in [0.15, 0.2) is 36.4 Å². The number of carbonyl (C=O) groups excluding carboxylic acids is 1. The second-order valence-electron chi connectivity index (χ2n) is 4.16. The maximum absolute atomic E-state index is 11.7. The lowest BCUT2D eigenvalue weighted by Crippen LogP contribution is -2.20. The predicted molar refractivity (Wildman–Crippen MR) is 66.3 cm³/mol. The molecule has 2 atom stereocenters. The lowest BCUT2D eigenvalue weighted by atomic mass is 9.92. The standard InChI is InChI=1S/C14H16O4/c1-9-8-18-13(12(9)14(15)17-3)10-4-6-11(16-2)7-5-10/h4-7,12-13H,1,8H2,2-3H3/t12-,13+/m0/s1. The normalized spacial score (nSPS) is 22.9. The summed E-state index contributed by atoms with van der Waals surface area (Å²) in [6.45, 7) is 4.25. The summed E-state index contributed by atoms with van der Waals surface area (Å²) in [6.07, 6.45) is -0.323. The highest BCUT2D eigenvalue weighted by atomic mass is 16.5. The Morgan fingerprint density at radius 1 is 1.33 bits per heavy atom. The molecule has 0 aliphatic carbocycles. The van der Waals surface area contributed by atoms with E-state index >= 15 is 0 Å². The number of rotatable bonds is 3. The summed E-state index contributed by atoms with van der Waals surface area (Å²) in [5.74, 6) is 0.0342. The van der Waals surface area contributed by atoms with Gasteiger partial charge in [0.05, 0.1) is 20.8 Å². The molecule has 0 aromatic heterocycles. The van der Waals surface area contributed by atoms with Crippen molar-refractivity contribution in [2.75, 3.05) is 20.8 Å². The Morgan fingerprint density at radius 2 is 2.00 bits per heavy atom. The first-order valence-corrected chi connectivity index (χ1v) is 5.68. The predicted octanol–water partition coefficient (Wildman–Crippen LogP) is 2.11. The van der Waals surface area contributed by atoms with E-state index in [2.05, 4.69) is 6.58 Å². The maximum Gasteiger partial charge on any atom is 0.315 e. The third kappa shape index (κ3) is 2.24. The van der Waals surface area contributed by atoms with Gasteiger partial charge in [-0.2, -0.15) is 0 Å². The number of hydrogen-bond acceptors (Lipinski definition) is 4. The second kappa shape index (κ2) is 5.23. The van der Waals surface area contributed by atoms with E-state index in [-0.39, 0.29) is 12.1 Å². The van der Waals surface area contributed by atoms with Gasteiger partial charge in [-0.3, -0.25) is 4.79 Å². The first kappa shape index (κ1) is 12.6. The molecule has 1 heterocycles. The Bertz CT molecular complexity index is 449. The van der Waals surface area contributed by atoms with Crippen LogP contribution in [-0.4, -0.2) is 26.8 Å². The van der Waals surface area contributed by atoms with Crippen LogP contribution in [0.25, 0.3) is 0 Å². The Balaban J connectivity index is 2.25. The zero-order chi connectivity index (χ0) is 13.1. The molecule has 0 saturated carbocycles. The minimum Gasteiger partial charge on any atom is -0.497 e. The molecule has 0 radical (unpaired) electrons. The fourth-order valence-corrected chi connectivity index (χ4v) is 2.10. The molecule has 4 heteroatoms. The number of esters is 1. The van der Waals surface area contributed by atoms with Crippen molar-refractivity contribution in [3.8, 4) is 5.75 Å². The van der Waals surface area contributed by atoms with Crippen LogP contribution < -0.4 is 4.74 Å². The van der Waals surface area contributed by atoms with Crippen molar-refractivity contribution in [2.45, 2.75) is 6.10 Å². The van der Waals surface area contributed by atoms with Gasteiger partial charge >= 0.3 is 5.97 Å². The van der Waals surface area contributed by atoms with Crippen molar-refractivity contribution in [3.05, 3.63) is 42.0 Å². The van der Waals surface area contributed by atoms with Gasteiger partial charge in [0.15, 0.2) is 0 Å². The van der Waals surface area contributed by atoms with Gasteiger partial charge in [-0.25, -0.2) is 0 Å². The summed E-state index contributed by atoms with van der Waals surface area (Å²) < 4.78 is 15.5. The highest BCUT2D eigenvalue weighted by molar-refractivity contribution is 5.77. The molecule has 1 aromatic carbocycles. The molecule has 0 spiro atoms. The molecule has 0 N–H and O–H groups in total. The van der Waals surface area contributed by atoms with Crippen LogP contribution in [0.1, 0.15) is 11.7 Å². The second-order valence-corrected chi connectivity index (χ2v) is 4.16. The molecule has 2 rings (SSSR count). The third-order valence-electron chi connectivity index (χ3n) is 3.09. The minimum atomic E-state index is -0.427. The van der Waals surface area contributed by atoms with Gasteiger partial charge in [-0.15, -0.1) is 0 Å². The molecule has 1 fully saturated rings. The van der Waals surface area contributed by atoms with Crippen molar-refractivity contribution in [1.82, 2.24) is 0 Å². The van der Waals surface area contributed by atoms with Crippen molar-refractivity contribution in [1.29, 1.82) is 0 Å². The van der Waals surface area contributed by atoms with Crippen LogP contribution >= 0.6 is 0 Å². The van der Waals surface area contributed by atoms with Crippen molar-refractivity contribution < 1.29 is 19.0 Å². The maximum atomic E-state index is 11.7. The molecule has 0 bridgehead atoms. The molecule has 0 unspecified atom stereocenters. The quantitative estimate of drug-likeness (QED) is 0.607. The van der Waals surface area contributed by atoms with Crippen molar-refractivity contribution >= 4 is 5.97 Å². The SMILES string of the molecule is C=C1CO[C@H](c2ccc(OC)cc2)[C@H]1C(=O)OC. The van der Waals surface area contributed by atoms with Gasteiger partial charge in [0.25, 0.3) is 0 Å². The molecule has 4 nitrogen and oxygen atoms in total. The van der Waals surface area contributed by atoms with Gasteiger partial charge in [-0.1, -0.05) is 18.7 Å². The molecule has 1 aliphatic rings. The molecular formula is C14H16O4. The van der Waals surface area contributed by atoms with Crippen LogP contribution in [0.2, 0.25) is 0 Å². The monoisotopic (exact) mass is 248 g/mol. The smallest absolute Gasteiger partial charge is 0.315 e. The fourth-order valence-electron chi connectivity index (χ4n) is 2.10. The number of hydrogen-bond donors (Lipinski definition) is 0. The Labute approximate surface area is 106 Å². The van der Waals surface area contributed by atoms with Crippen LogP contribution in [0.4, 0.5) is 0 Å². The number of benzene rings is 1. The van der Waals surface area contributed by atoms with E-state index < -0.39 is 5.92 Å². The Kier molecular flexibility index (Phi) is 3.67.